The Hall–Kier alpha value is -0.660. The van der Waals surface area contributed by atoms with E-state index >= 15 is 0 Å². The van der Waals surface area contributed by atoms with Gasteiger partial charge in [0.2, 0.25) is 0 Å². The van der Waals surface area contributed by atoms with Crippen LogP contribution in [0, 0.1) is 0 Å². The number of ether oxygens (including phenoxy) is 1. The lowest BCUT2D eigenvalue weighted by Crippen LogP contribution is -2.54. The van der Waals surface area contributed by atoms with Crippen molar-refractivity contribution in [3.8, 4) is 0 Å². The average Bonchev–Trinajstić information content (AvgIpc) is 2.27. The van der Waals surface area contributed by atoms with E-state index in [1.54, 1.807) is 0 Å². The number of aliphatic carboxylic acids is 1. The molecule has 0 aliphatic carbocycles. The zero-order chi connectivity index (χ0) is 13.2. The molecule has 0 aromatic carbocycles. The molecule has 2 rings (SSSR count). The van der Waals surface area contributed by atoms with Gasteiger partial charge in [-0.05, 0) is 12.8 Å². The van der Waals surface area contributed by atoms with Crippen molar-refractivity contribution < 1.29 is 23.1 Å². The van der Waals surface area contributed by atoms with Gasteiger partial charge in [0, 0.05) is 18.6 Å². The maximum absolute atomic E-state index is 11.7. The highest BCUT2D eigenvalue weighted by Crippen LogP contribution is 2.22. The van der Waals surface area contributed by atoms with E-state index in [0.29, 0.717) is 26.2 Å². The fourth-order valence-electron chi connectivity index (χ4n) is 2.79. The molecule has 7 heteroatoms. The number of carboxylic acid groups (broad SMARTS) is 1. The van der Waals surface area contributed by atoms with E-state index in [0.717, 1.165) is 6.42 Å². The maximum Gasteiger partial charge on any atom is 0.305 e. The minimum Gasteiger partial charge on any atom is -0.481 e. The Kier molecular flexibility index (Phi) is 4.24. The van der Waals surface area contributed by atoms with Crippen molar-refractivity contribution in [1.29, 1.82) is 0 Å². The summed E-state index contributed by atoms with van der Waals surface area (Å²) in [6, 6.07) is -0.244. The first-order valence-electron chi connectivity index (χ1n) is 6.23. The molecule has 2 unspecified atom stereocenters. The second-order valence-electron chi connectivity index (χ2n) is 4.97. The third-order valence-electron chi connectivity index (χ3n) is 3.59. The van der Waals surface area contributed by atoms with E-state index in [9.17, 15) is 13.2 Å². The van der Waals surface area contributed by atoms with Crippen molar-refractivity contribution >= 4 is 15.8 Å². The molecule has 0 saturated carbocycles. The fraction of sp³-hybridized carbons (Fsp3) is 0.909. The van der Waals surface area contributed by atoms with E-state index in [1.807, 2.05) is 4.90 Å². The van der Waals surface area contributed by atoms with Gasteiger partial charge in [0.25, 0.3) is 0 Å². The molecular formula is C11H19NO5S. The normalized spacial score (nSPS) is 33.1. The van der Waals surface area contributed by atoms with Crippen LogP contribution in [0.2, 0.25) is 0 Å². The van der Waals surface area contributed by atoms with E-state index in [2.05, 4.69) is 0 Å². The van der Waals surface area contributed by atoms with Crippen molar-refractivity contribution in [2.75, 3.05) is 31.3 Å². The Bertz CT molecular complexity index is 408. The number of carbonyl (C=O) groups is 1. The summed E-state index contributed by atoms with van der Waals surface area (Å²) in [6.45, 7) is 1.55. The molecule has 0 radical (unpaired) electrons. The van der Waals surface area contributed by atoms with Crippen molar-refractivity contribution in [3.05, 3.63) is 0 Å². The second kappa shape index (κ2) is 5.54. The van der Waals surface area contributed by atoms with Crippen molar-refractivity contribution in [2.45, 2.75) is 31.3 Å². The summed E-state index contributed by atoms with van der Waals surface area (Å²) in [5.41, 5.74) is 0. The van der Waals surface area contributed by atoms with Crippen LogP contribution in [0.5, 0.6) is 0 Å². The topological polar surface area (TPSA) is 83.9 Å². The van der Waals surface area contributed by atoms with E-state index < -0.39 is 15.8 Å². The minimum absolute atomic E-state index is 0.0105. The monoisotopic (exact) mass is 277 g/mol. The standard InChI is InChI=1S/C11H19NO5S/c13-11(14)6-10-7-17-4-3-12(10)9-2-1-5-18(15,16)8-9/h9-10H,1-8H2,(H,13,14). The first kappa shape index (κ1) is 13.8. The molecule has 2 heterocycles. The maximum atomic E-state index is 11.7. The van der Waals surface area contributed by atoms with Gasteiger partial charge in [-0.1, -0.05) is 0 Å². The van der Waals surface area contributed by atoms with Crippen molar-refractivity contribution in [1.82, 2.24) is 4.90 Å². The van der Waals surface area contributed by atoms with Gasteiger partial charge in [-0.15, -0.1) is 0 Å². The van der Waals surface area contributed by atoms with E-state index in [1.165, 1.54) is 0 Å². The Labute approximate surface area is 107 Å². The lowest BCUT2D eigenvalue weighted by molar-refractivity contribution is -0.140. The summed E-state index contributed by atoms with van der Waals surface area (Å²) in [5.74, 6) is -0.449. The highest BCUT2D eigenvalue weighted by atomic mass is 32.2. The third-order valence-corrected chi connectivity index (χ3v) is 5.39. The molecule has 6 nitrogen and oxygen atoms in total. The number of sulfone groups is 1. The predicted molar refractivity (Wildman–Crippen MR) is 65.2 cm³/mol. The van der Waals surface area contributed by atoms with Crippen LogP contribution in [0.1, 0.15) is 19.3 Å². The van der Waals surface area contributed by atoms with Crippen LogP contribution in [0.4, 0.5) is 0 Å². The zero-order valence-corrected chi connectivity index (χ0v) is 11.1. The smallest absolute Gasteiger partial charge is 0.305 e. The Morgan fingerprint density at radius 3 is 2.89 bits per heavy atom. The van der Waals surface area contributed by atoms with Crippen molar-refractivity contribution in [2.24, 2.45) is 0 Å². The van der Waals surface area contributed by atoms with Gasteiger partial charge in [-0.2, -0.15) is 0 Å². The first-order valence-corrected chi connectivity index (χ1v) is 8.06. The Morgan fingerprint density at radius 2 is 2.22 bits per heavy atom. The highest BCUT2D eigenvalue weighted by molar-refractivity contribution is 7.91. The van der Waals surface area contributed by atoms with Crippen LogP contribution >= 0.6 is 0 Å². The predicted octanol–water partition coefficient (Wildman–Crippen LogP) is -0.261. The molecule has 2 aliphatic rings. The van der Waals surface area contributed by atoms with E-state index in [-0.39, 0.29) is 30.0 Å². The first-order chi connectivity index (χ1) is 8.48. The number of hydrogen-bond donors (Lipinski definition) is 1. The summed E-state index contributed by atoms with van der Waals surface area (Å²) in [6.07, 6.45) is 1.51. The number of hydrogen-bond acceptors (Lipinski definition) is 5. The quantitative estimate of drug-likeness (QED) is 0.765. The van der Waals surface area contributed by atoms with E-state index in [4.69, 9.17) is 9.84 Å². The van der Waals surface area contributed by atoms with Gasteiger partial charge in [-0.25, -0.2) is 8.42 Å². The molecule has 0 aromatic rings. The Balaban J connectivity index is 2.06. The SMILES string of the molecule is O=C(O)CC1COCCN1C1CCCS(=O)(=O)C1. The number of morpholine rings is 1. The third kappa shape index (κ3) is 3.43. The summed E-state index contributed by atoms with van der Waals surface area (Å²) in [7, 11) is -2.96. The summed E-state index contributed by atoms with van der Waals surface area (Å²) in [5, 5.41) is 8.88. The lowest BCUT2D eigenvalue weighted by atomic mass is 10.1. The van der Waals surface area contributed by atoms with Gasteiger partial charge in [0.1, 0.15) is 0 Å². The second-order valence-corrected chi connectivity index (χ2v) is 7.20. The van der Waals surface area contributed by atoms with Crippen molar-refractivity contribution in [3.63, 3.8) is 0 Å². The van der Waals surface area contributed by atoms with Crippen LogP contribution in [0.25, 0.3) is 0 Å². The van der Waals surface area contributed by atoms with Gasteiger partial charge < -0.3 is 9.84 Å². The highest BCUT2D eigenvalue weighted by Gasteiger charge is 2.35. The molecular weight excluding hydrogens is 258 g/mol. The van der Waals surface area contributed by atoms with Crippen LogP contribution in [0.3, 0.4) is 0 Å². The fourth-order valence-corrected chi connectivity index (χ4v) is 4.50. The molecule has 0 bridgehead atoms. The molecule has 1 N–H and O–H groups in total. The molecule has 104 valence electrons. The molecule has 2 saturated heterocycles. The molecule has 2 aliphatic heterocycles. The number of rotatable bonds is 3. The molecule has 18 heavy (non-hydrogen) atoms. The molecule has 2 atom stereocenters. The van der Waals surface area contributed by atoms with Gasteiger partial charge >= 0.3 is 5.97 Å². The average molecular weight is 277 g/mol. The van der Waals surface area contributed by atoms with Crippen LogP contribution < -0.4 is 0 Å². The largest absolute Gasteiger partial charge is 0.481 e. The molecule has 0 spiro atoms. The summed E-state index contributed by atoms with van der Waals surface area (Å²) in [4.78, 5) is 12.8. The lowest BCUT2D eigenvalue weighted by Gasteiger charge is -2.41. The van der Waals surface area contributed by atoms with Gasteiger partial charge in [-0.3, -0.25) is 9.69 Å². The zero-order valence-electron chi connectivity index (χ0n) is 10.2. The molecule has 0 amide bonds. The summed E-state index contributed by atoms with van der Waals surface area (Å²) >= 11 is 0. The van der Waals surface area contributed by atoms with Crippen LogP contribution in [-0.4, -0.2) is 67.7 Å². The van der Waals surface area contributed by atoms with Gasteiger partial charge in [0.05, 0.1) is 31.1 Å². The molecule has 2 fully saturated rings. The van der Waals surface area contributed by atoms with Crippen LogP contribution in [0.15, 0.2) is 0 Å². The minimum atomic E-state index is -2.96. The Morgan fingerprint density at radius 1 is 1.44 bits per heavy atom. The number of nitrogens with zero attached hydrogens (tertiary/aromatic N) is 1. The van der Waals surface area contributed by atoms with Crippen LogP contribution in [-0.2, 0) is 19.4 Å². The van der Waals surface area contributed by atoms with Gasteiger partial charge in [0.15, 0.2) is 9.84 Å². The summed E-state index contributed by atoms with van der Waals surface area (Å²) < 4.78 is 28.6. The molecule has 0 aromatic heterocycles. The number of carboxylic acids is 1.